The van der Waals surface area contributed by atoms with Gasteiger partial charge in [-0.2, -0.15) is 0 Å². The quantitative estimate of drug-likeness (QED) is 0.715. The predicted octanol–water partition coefficient (Wildman–Crippen LogP) is 3.61. The monoisotopic (exact) mass is 366 g/mol. The van der Waals surface area contributed by atoms with Gasteiger partial charge in [-0.05, 0) is 43.7 Å². The van der Waals surface area contributed by atoms with E-state index in [0.717, 1.165) is 32.4 Å². The zero-order valence-corrected chi connectivity index (χ0v) is 16.0. The van der Waals surface area contributed by atoms with Crippen LogP contribution in [0.5, 0.6) is 0 Å². The SMILES string of the molecule is CCCCc1ccc(C(=O)CCC(=O)N2CCC(CN)CC2)cc1.Cl. The molecule has 1 aliphatic rings. The van der Waals surface area contributed by atoms with Crippen molar-refractivity contribution < 1.29 is 9.59 Å². The standard InChI is InChI=1S/C20H30N2O2.ClH/c1-2-3-4-16-5-7-18(8-6-16)19(23)9-10-20(24)22-13-11-17(15-21)12-14-22;/h5-8,17H,2-4,9-15,21H2,1H3;1H. The van der Waals surface area contributed by atoms with E-state index < -0.39 is 0 Å². The van der Waals surface area contributed by atoms with Gasteiger partial charge in [-0.3, -0.25) is 9.59 Å². The predicted molar refractivity (Wildman–Crippen MR) is 104 cm³/mol. The molecule has 1 aromatic rings. The lowest BCUT2D eigenvalue weighted by Crippen LogP contribution is -2.40. The molecule has 2 rings (SSSR count). The third-order valence-electron chi connectivity index (χ3n) is 4.96. The Morgan fingerprint density at radius 1 is 1.12 bits per heavy atom. The van der Waals surface area contributed by atoms with Gasteiger partial charge in [-0.1, -0.05) is 37.6 Å². The van der Waals surface area contributed by atoms with Gasteiger partial charge in [0, 0.05) is 31.5 Å². The molecule has 1 fully saturated rings. The summed E-state index contributed by atoms with van der Waals surface area (Å²) in [6.45, 7) is 4.43. The second kappa shape index (κ2) is 11.3. The van der Waals surface area contributed by atoms with E-state index >= 15 is 0 Å². The molecule has 0 saturated carbocycles. The number of benzene rings is 1. The van der Waals surface area contributed by atoms with Crippen molar-refractivity contribution in [3.8, 4) is 0 Å². The molecule has 1 aliphatic heterocycles. The number of carbonyl (C=O) groups is 2. The van der Waals surface area contributed by atoms with Crippen LogP contribution in [0.25, 0.3) is 0 Å². The van der Waals surface area contributed by atoms with Crippen molar-refractivity contribution in [1.82, 2.24) is 4.90 Å². The number of nitrogens with zero attached hydrogens (tertiary/aromatic N) is 1. The number of hydrogen-bond donors (Lipinski definition) is 1. The van der Waals surface area contributed by atoms with Crippen LogP contribution < -0.4 is 5.73 Å². The molecular formula is C20H31ClN2O2. The summed E-state index contributed by atoms with van der Waals surface area (Å²) in [5.41, 5.74) is 7.66. The van der Waals surface area contributed by atoms with E-state index in [0.29, 0.717) is 30.9 Å². The molecule has 2 N–H and O–H groups in total. The molecule has 1 saturated heterocycles. The highest BCUT2D eigenvalue weighted by Crippen LogP contribution is 2.17. The Balaban J connectivity index is 0.00000312. The summed E-state index contributed by atoms with van der Waals surface area (Å²) < 4.78 is 0. The number of rotatable bonds is 8. The van der Waals surface area contributed by atoms with Crippen LogP contribution in [-0.2, 0) is 11.2 Å². The first-order valence-corrected chi connectivity index (χ1v) is 9.24. The van der Waals surface area contributed by atoms with Crippen LogP contribution in [0.4, 0.5) is 0 Å². The molecule has 140 valence electrons. The summed E-state index contributed by atoms with van der Waals surface area (Å²) in [4.78, 5) is 26.4. The summed E-state index contributed by atoms with van der Waals surface area (Å²) >= 11 is 0. The summed E-state index contributed by atoms with van der Waals surface area (Å²) in [6, 6.07) is 7.85. The second-order valence-corrected chi connectivity index (χ2v) is 6.78. The highest BCUT2D eigenvalue weighted by molar-refractivity contribution is 5.98. The number of likely N-dealkylation sites (tertiary alicyclic amines) is 1. The summed E-state index contributed by atoms with van der Waals surface area (Å²) in [6.07, 6.45) is 5.97. The van der Waals surface area contributed by atoms with Crippen LogP contribution in [0, 0.1) is 5.92 Å². The van der Waals surface area contributed by atoms with E-state index in [2.05, 4.69) is 6.92 Å². The van der Waals surface area contributed by atoms with Crippen LogP contribution in [-0.4, -0.2) is 36.2 Å². The Hall–Kier alpha value is -1.39. The minimum atomic E-state index is 0. The lowest BCUT2D eigenvalue weighted by Gasteiger charge is -2.31. The van der Waals surface area contributed by atoms with Gasteiger partial charge >= 0.3 is 0 Å². The number of carbonyl (C=O) groups excluding carboxylic acids is 2. The Morgan fingerprint density at radius 3 is 2.32 bits per heavy atom. The van der Waals surface area contributed by atoms with Crippen molar-refractivity contribution in [2.45, 2.75) is 51.9 Å². The minimum Gasteiger partial charge on any atom is -0.343 e. The molecule has 0 aliphatic carbocycles. The molecule has 5 heteroatoms. The van der Waals surface area contributed by atoms with Crippen molar-refractivity contribution in [2.75, 3.05) is 19.6 Å². The topological polar surface area (TPSA) is 63.4 Å². The maximum absolute atomic E-state index is 12.3. The molecule has 1 heterocycles. The van der Waals surface area contributed by atoms with Gasteiger partial charge in [-0.25, -0.2) is 0 Å². The van der Waals surface area contributed by atoms with Crippen molar-refractivity contribution in [1.29, 1.82) is 0 Å². The number of amides is 1. The van der Waals surface area contributed by atoms with Gasteiger partial charge in [-0.15, -0.1) is 12.4 Å². The number of unbranched alkanes of at least 4 members (excludes halogenated alkanes) is 1. The molecule has 0 aromatic heterocycles. The van der Waals surface area contributed by atoms with Crippen LogP contribution in [0.15, 0.2) is 24.3 Å². The van der Waals surface area contributed by atoms with Crippen molar-refractivity contribution >= 4 is 24.1 Å². The van der Waals surface area contributed by atoms with Crippen LogP contribution in [0.2, 0.25) is 0 Å². The maximum atomic E-state index is 12.3. The van der Waals surface area contributed by atoms with Crippen molar-refractivity contribution in [3.63, 3.8) is 0 Å². The molecule has 1 aromatic carbocycles. The first kappa shape index (κ1) is 21.7. The molecule has 1 amide bonds. The number of ketones is 1. The van der Waals surface area contributed by atoms with Crippen LogP contribution >= 0.6 is 12.4 Å². The molecule has 0 spiro atoms. The van der Waals surface area contributed by atoms with E-state index in [4.69, 9.17) is 5.73 Å². The molecule has 0 unspecified atom stereocenters. The number of Topliss-reactive ketones (excluding diaryl/α,β-unsaturated/α-hetero) is 1. The third kappa shape index (κ3) is 6.79. The number of piperidine rings is 1. The smallest absolute Gasteiger partial charge is 0.223 e. The molecule has 0 radical (unpaired) electrons. The Kier molecular flexibility index (Phi) is 9.76. The fraction of sp³-hybridized carbons (Fsp3) is 0.600. The zero-order valence-electron chi connectivity index (χ0n) is 15.2. The highest BCUT2D eigenvalue weighted by atomic mass is 35.5. The molecule has 0 atom stereocenters. The number of aryl methyl sites for hydroxylation is 1. The van der Waals surface area contributed by atoms with Gasteiger partial charge < -0.3 is 10.6 Å². The lowest BCUT2D eigenvalue weighted by atomic mass is 9.96. The average molecular weight is 367 g/mol. The molecule has 4 nitrogen and oxygen atoms in total. The summed E-state index contributed by atoms with van der Waals surface area (Å²) in [5, 5.41) is 0. The van der Waals surface area contributed by atoms with E-state index in [1.54, 1.807) is 0 Å². The Bertz CT molecular complexity index is 537. The minimum absolute atomic E-state index is 0. The maximum Gasteiger partial charge on any atom is 0.223 e. The fourth-order valence-corrected chi connectivity index (χ4v) is 3.18. The highest BCUT2D eigenvalue weighted by Gasteiger charge is 2.22. The number of nitrogens with two attached hydrogens (primary N) is 1. The van der Waals surface area contributed by atoms with Gasteiger partial charge in [0.15, 0.2) is 5.78 Å². The molecule has 0 bridgehead atoms. The third-order valence-corrected chi connectivity index (χ3v) is 4.96. The van der Waals surface area contributed by atoms with E-state index in [1.165, 1.54) is 18.4 Å². The number of hydrogen-bond acceptors (Lipinski definition) is 3. The first-order chi connectivity index (χ1) is 11.6. The molecule has 25 heavy (non-hydrogen) atoms. The second-order valence-electron chi connectivity index (χ2n) is 6.78. The lowest BCUT2D eigenvalue weighted by molar-refractivity contribution is -0.132. The van der Waals surface area contributed by atoms with Gasteiger partial charge in [0.1, 0.15) is 0 Å². The van der Waals surface area contributed by atoms with E-state index in [9.17, 15) is 9.59 Å². The van der Waals surface area contributed by atoms with Crippen LogP contribution in [0.3, 0.4) is 0 Å². The average Bonchev–Trinajstić information content (AvgIpc) is 2.64. The van der Waals surface area contributed by atoms with Gasteiger partial charge in [0.2, 0.25) is 5.91 Å². The Labute approximate surface area is 157 Å². The van der Waals surface area contributed by atoms with Crippen molar-refractivity contribution in [2.24, 2.45) is 11.7 Å². The van der Waals surface area contributed by atoms with E-state index in [1.807, 2.05) is 29.2 Å². The normalized spacial score (nSPS) is 14.9. The molecular weight excluding hydrogens is 336 g/mol. The summed E-state index contributed by atoms with van der Waals surface area (Å²) in [7, 11) is 0. The first-order valence-electron chi connectivity index (χ1n) is 9.24. The van der Waals surface area contributed by atoms with Gasteiger partial charge in [0.05, 0.1) is 0 Å². The summed E-state index contributed by atoms with van der Waals surface area (Å²) in [5.74, 6) is 0.697. The van der Waals surface area contributed by atoms with Crippen molar-refractivity contribution in [3.05, 3.63) is 35.4 Å². The largest absolute Gasteiger partial charge is 0.343 e. The zero-order chi connectivity index (χ0) is 17.4. The Morgan fingerprint density at radius 2 is 1.76 bits per heavy atom. The fourth-order valence-electron chi connectivity index (χ4n) is 3.18. The van der Waals surface area contributed by atoms with Gasteiger partial charge in [0.25, 0.3) is 0 Å². The number of halogens is 1. The van der Waals surface area contributed by atoms with E-state index in [-0.39, 0.29) is 24.1 Å². The van der Waals surface area contributed by atoms with Crippen LogP contribution in [0.1, 0.15) is 61.4 Å².